The molecule has 10 heteroatoms. The van der Waals surface area contributed by atoms with Crippen LogP contribution in [0.3, 0.4) is 0 Å². The van der Waals surface area contributed by atoms with Crippen molar-refractivity contribution in [3.63, 3.8) is 0 Å². The highest BCUT2D eigenvalue weighted by Crippen LogP contribution is 2.64. The number of Topliss-reactive ketones (excluding diaryl/α,β-unsaturated/α-hetero) is 1. The Balaban J connectivity index is 1.20. The van der Waals surface area contributed by atoms with Crippen LogP contribution in [0.15, 0.2) is 91.1 Å². The van der Waals surface area contributed by atoms with Gasteiger partial charge in [-0.05, 0) is 145 Å². The highest BCUT2D eigenvalue weighted by atomic mass is 16.5. The molecule has 0 unspecified atom stereocenters. The summed E-state index contributed by atoms with van der Waals surface area (Å²) in [6, 6.07) is 26.1. The Bertz CT molecular complexity index is 2240. The minimum absolute atomic E-state index is 0.00375. The quantitative estimate of drug-likeness (QED) is 0.0437. The van der Waals surface area contributed by atoms with Crippen LogP contribution in [0.4, 0.5) is 0 Å². The molecule has 4 aliphatic rings. The van der Waals surface area contributed by atoms with Gasteiger partial charge in [0.15, 0.2) is 23.0 Å². The minimum atomic E-state index is -0.942. The van der Waals surface area contributed by atoms with Gasteiger partial charge in [-0.15, -0.1) is 0 Å². The third-order valence-corrected chi connectivity index (χ3v) is 13.3. The molecule has 0 spiro atoms. The normalized spacial score (nSPS) is 24.7. The van der Waals surface area contributed by atoms with Crippen LogP contribution in [0, 0.1) is 29.6 Å². The first-order valence-electron chi connectivity index (χ1n) is 20.7. The number of aromatic nitrogens is 1. The van der Waals surface area contributed by atoms with Crippen LogP contribution >= 0.6 is 0 Å². The summed E-state index contributed by atoms with van der Waals surface area (Å²) in [6.45, 7) is 2.11. The lowest BCUT2D eigenvalue weighted by Crippen LogP contribution is -2.49. The zero-order valence-corrected chi connectivity index (χ0v) is 32.9. The summed E-state index contributed by atoms with van der Waals surface area (Å²) in [7, 11) is 0. The SMILES string of the molecule is CCc1cc(C[C@@H]2C[C@@H](C(=O)CCc3ccc(O)c(OCN)c3)[C@H](O)[C@@H]3[C@@H]2C[C@H]2C[C@H](Cc4ccccc4)[C@@H]3c3cc(O)c(O)c(OCc4cccc(O)c4)c32)c[nH]1. The maximum atomic E-state index is 14.5. The molecular weight excluding hydrogens is 733 g/mol. The average Bonchev–Trinajstić information content (AvgIpc) is 3.55. The maximum Gasteiger partial charge on any atom is 0.200 e. The number of phenolic OH excluding ortho intramolecular Hbond substituents is 4. The molecule has 2 saturated carbocycles. The van der Waals surface area contributed by atoms with Crippen molar-refractivity contribution in [1.29, 1.82) is 0 Å². The largest absolute Gasteiger partial charge is 0.508 e. The number of aromatic hydroxyl groups is 4. The zero-order chi connectivity index (χ0) is 40.5. The predicted molar refractivity (Wildman–Crippen MR) is 220 cm³/mol. The van der Waals surface area contributed by atoms with E-state index in [0.29, 0.717) is 12.8 Å². The van der Waals surface area contributed by atoms with Gasteiger partial charge in [0.2, 0.25) is 5.75 Å². The number of aliphatic hydroxyl groups is 1. The van der Waals surface area contributed by atoms with E-state index in [-0.39, 0.29) is 95.5 Å². The number of aromatic amines is 1. The van der Waals surface area contributed by atoms with Gasteiger partial charge < -0.3 is 40.0 Å². The van der Waals surface area contributed by atoms with Gasteiger partial charge in [-0.1, -0.05) is 55.5 Å². The molecule has 9 rings (SSSR count). The van der Waals surface area contributed by atoms with Crippen LogP contribution in [0.25, 0.3) is 0 Å². The molecule has 1 aromatic heterocycles. The summed E-state index contributed by atoms with van der Waals surface area (Å²) >= 11 is 0. The Morgan fingerprint density at radius 2 is 1.60 bits per heavy atom. The van der Waals surface area contributed by atoms with Crippen LogP contribution in [0.1, 0.15) is 83.5 Å². The smallest absolute Gasteiger partial charge is 0.200 e. The first kappa shape index (κ1) is 39.4. The number of carbonyl (C=O) groups is 1. The van der Waals surface area contributed by atoms with Crippen molar-refractivity contribution in [2.45, 2.75) is 82.8 Å². The lowest BCUT2D eigenvalue weighted by atomic mass is 9.57. The molecule has 304 valence electrons. The van der Waals surface area contributed by atoms with Gasteiger partial charge in [0.25, 0.3) is 0 Å². The Morgan fingerprint density at radius 3 is 2.36 bits per heavy atom. The molecule has 5 aromatic rings. The number of phenols is 4. The number of fused-ring (bicyclic) bond motifs is 1. The first-order chi connectivity index (χ1) is 28.1. The van der Waals surface area contributed by atoms with Gasteiger partial charge in [0.1, 0.15) is 24.9 Å². The van der Waals surface area contributed by atoms with Gasteiger partial charge in [-0.3, -0.25) is 10.5 Å². The van der Waals surface area contributed by atoms with E-state index < -0.39 is 12.0 Å². The molecular formula is C48H54N2O8. The van der Waals surface area contributed by atoms with Gasteiger partial charge in [-0.2, -0.15) is 0 Å². The monoisotopic (exact) mass is 786 g/mol. The number of ether oxygens (including phenoxy) is 2. The number of hydrogen-bond acceptors (Lipinski definition) is 9. The van der Waals surface area contributed by atoms with Crippen molar-refractivity contribution in [3.8, 4) is 34.5 Å². The Labute approximate surface area is 339 Å². The Kier molecular flexibility index (Phi) is 11.4. The third-order valence-electron chi connectivity index (χ3n) is 13.3. The number of H-pyrrole nitrogens is 1. The maximum absolute atomic E-state index is 14.5. The second kappa shape index (κ2) is 16.8. The van der Waals surface area contributed by atoms with Crippen molar-refractivity contribution < 1.29 is 39.8 Å². The van der Waals surface area contributed by atoms with E-state index in [1.807, 2.05) is 24.3 Å². The number of aliphatic hydroxyl groups excluding tert-OH is 1. The zero-order valence-electron chi connectivity index (χ0n) is 32.9. The molecule has 1 heterocycles. The van der Waals surface area contributed by atoms with Crippen LogP contribution < -0.4 is 15.2 Å². The number of nitrogens with one attached hydrogen (secondary N) is 1. The van der Waals surface area contributed by atoms with Crippen molar-refractivity contribution >= 4 is 5.78 Å². The summed E-state index contributed by atoms with van der Waals surface area (Å²) in [4.78, 5) is 17.9. The van der Waals surface area contributed by atoms with E-state index >= 15 is 0 Å². The van der Waals surface area contributed by atoms with Gasteiger partial charge >= 0.3 is 0 Å². The molecule has 0 amide bonds. The number of rotatable bonds is 14. The molecule has 4 aliphatic carbocycles. The molecule has 0 aliphatic heterocycles. The molecule has 8 N–H and O–H groups in total. The number of hydrogen-bond donors (Lipinski definition) is 7. The Hall–Kier alpha value is -5.45. The standard InChI is InChI=1S/C48H54N2O8/c1-2-34-17-30(24-50-34)16-31-21-37(39(52)13-11-28-12-14-40(53)42(19-28)58-26-49)46(55)45-36(31)22-33-20-32(15-27-7-4-3-5-8-27)43(45)38-23-41(54)47(56)48(44(33)38)57-25-29-9-6-10-35(51)18-29/h3-10,12,14,17-19,23-24,31-33,36-37,43,45-46,50-51,53-56H,2,11,13,15-16,20-22,25-26,49H2,1H3/t31-,32+,33-,36-,37+,43-,45-,46+/m1/s1. The second-order valence-electron chi connectivity index (χ2n) is 16.7. The van der Waals surface area contributed by atoms with Crippen molar-refractivity contribution in [1.82, 2.24) is 4.98 Å². The van der Waals surface area contributed by atoms with Crippen molar-refractivity contribution in [3.05, 3.63) is 130 Å². The molecule has 58 heavy (non-hydrogen) atoms. The molecule has 2 fully saturated rings. The van der Waals surface area contributed by atoms with Crippen LogP contribution in [0.2, 0.25) is 0 Å². The fourth-order valence-corrected chi connectivity index (χ4v) is 10.7. The van der Waals surface area contributed by atoms with Crippen molar-refractivity contribution in [2.24, 2.45) is 35.3 Å². The summed E-state index contributed by atoms with van der Waals surface area (Å²) in [5.74, 6) is -1.00. The fraction of sp³-hybridized carbons (Fsp3) is 0.396. The number of benzene rings is 4. The van der Waals surface area contributed by atoms with E-state index in [2.05, 4.69) is 36.3 Å². The third kappa shape index (κ3) is 7.87. The van der Waals surface area contributed by atoms with Gasteiger partial charge in [-0.25, -0.2) is 0 Å². The van der Waals surface area contributed by atoms with E-state index in [4.69, 9.17) is 15.2 Å². The topological polar surface area (TPSA) is 178 Å². The van der Waals surface area contributed by atoms with Crippen LogP contribution in [0.5, 0.6) is 34.5 Å². The highest BCUT2D eigenvalue weighted by Gasteiger charge is 2.56. The minimum Gasteiger partial charge on any atom is -0.508 e. The van der Waals surface area contributed by atoms with Gasteiger partial charge in [0.05, 0.1) is 6.10 Å². The molecule has 8 atom stereocenters. The second-order valence-corrected chi connectivity index (χ2v) is 16.7. The summed E-state index contributed by atoms with van der Waals surface area (Å²) < 4.78 is 11.8. The number of carbonyl (C=O) groups excluding carboxylic acids is 1. The highest BCUT2D eigenvalue weighted by molar-refractivity contribution is 5.82. The molecule has 0 radical (unpaired) electrons. The summed E-state index contributed by atoms with van der Waals surface area (Å²) in [5, 5.41) is 56.0. The van der Waals surface area contributed by atoms with Crippen molar-refractivity contribution in [2.75, 3.05) is 6.73 Å². The van der Waals surface area contributed by atoms with Crippen LogP contribution in [-0.4, -0.2) is 49.1 Å². The number of nitrogens with two attached hydrogens (primary N) is 1. The molecule has 0 saturated heterocycles. The summed E-state index contributed by atoms with van der Waals surface area (Å²) in [5.41, 5.74) is 12.4. The first-order valence-corrected chi connectivity index (χ1v) is 20.7. The molecule has 2 bridgehead atoms. The molecule has 4 aromatic carbocycles. The van der Waals surface area contributed by atoms with Gasteiger partial charge in [0, 0.05) is 29.8 Å². The van der Waals surface area contributed by atoms with Crippen LogP contribution in [-0.2, 0) is 37.1 Å². The number of ketones is 1. The lowest BCUT2D eigenvalue weighted by Gasteiger charge is -2.48. The Morgan fingerprint density at radius 1 is 0.810 bits per heavy atom. The van der Waals surface area contributed by atoms with E-state index in [9.17, 15) is 30.3 Å². The summed E-state index contributed by atoms with van der Waals surface area (Å²) in [6.07, 6.45) is 6.22. The number of aryl methyl sites for hydroxylation is 2. The lowest BCUT2D eigenvalue weighted by molar-refractivity contribution is -0.135. The fourth-order valence-electron chi connectivity index (χ4n) is 10.7. The van der Waals surface area contributed by atoms with E-state index in [1.54, 1.807) is 42.5 Å². The predicted octanol–water partition coefficient (Wildman–Crippen LogP) is 7.78. The van der Waals surface area contributed by atoms with E-state index in [1.165, 1.54) is 11.1 Å². The van der Waals surface area contributed by atoms with E-state index in [0.717, 1.165) is 60.1 Å². The molecule has 10 nitrogen and oxygen atoms in total. The average molecular weight is 787 g/mol.